The predicted molar refractivity (Wildman–Crippen MR) is 81.3 cm³/mol. The number of nitrogens with zero attached hydrogens (tertiary/aromatic N) is 2. The van der Waals surface area contributed by atoms with Crippen LogP contribution >= 0.6 is 0 Å². The molecule has 2 aromatic heterocycles. The monoisotopic (exact) mass is 289 g/mol. The third-order valence-corrected chi connectivity index (χ3v) is 3.39. The van der Waals surface area contributed by atoms with Gasteiger partial charge in [-0.1, -0.05) is 13.8 Å². The van der Waals surface area contributed by atoms with Gasteiger partial charge >= 0.3 is 0 Å². The maximum atomic E-state index is 12.4. The summed E-state index contributed by atoms with van der Waals surface area (Å²) in [7, 11) is 0. The van der Waals surface area contributed by atoms with Crippen LogP contribution in [-0.4, -0.2) is 21.7 Å². The third-order valence-electron chi connectivity index (χ3n) is 3.39. The first-order chi connectivity index (χ1) is 10.0. The van der Waals surface area contributed by atoms with Gasteiger partial charge in [0.2, 0.25) is 0 Å². The smallest absolute Gasteiger partial charge is 0.269 e. The van der Waals surface area contributed by atoms with Crippen LogP contribution in [0, 0.1) is 0 Å². The molecule has 0 aliphatic rings. The van der Waals surface area contributed by atoms with E-state index in [1.54, 1.807) is 10.9 Å². The first-order valence-corrected chi connectivity index (χ1v) is 7.42. The lowest BCUT2D eigenvalue weighted by molar-refractivity contribution is 0.0928. The Morgan fingerprint density at radius 1 is 1.43 bits per heavy atom. The van der Waals surface area contributed by atoms with Crippen molar-refractivity contribution in [2.75, 3.05) is 0 Å². The van der Waals surface area contributed by atoms with Crippen LogP contribution in [0.3, 0.4) is 0 Å². The molecule has 0 saturated heterocycles. The van der Waals surface area contributed by atoms with E-state index in [1.807, 2.05) is 32.0 Å². The zero-order valence-electron chi connectivity index (χ0n) is 13.1. The zero-order chi connectivity index (χ0) is 15.4. The summed E-state index contributed by atoms with van der Waals surface area (Å²) in [5.74, 6) is 1.09. The molecule has 21 heavy (non-hydrogen) atoms. The average Bonchev–Trinajstić information content (AvgIpc) is 3.06. The first kappa shape index (κ1) is 15.4. The minimum Gasteiger partial charge on any atom is -0.469 e. The molecule has 5 heteroatoms. The summed E-state index contributed by atoms with van der Waals surface area (Å²) in [6, 6.07) is 5.65. The average molecular weight is 289 g/mol. The lowest BCUT2D eigenvalue weighted by Gasteiger charge is -2.13. The molecule has 0 aromatic carbocycles. The minimum atomic E-state index is -0.0877. The topological polar surface area (TPSA) is 60.1 Å². The van der Waals surface area contributed by atoms with Crippen molar-refractivity contribution in [2.45, 2.75) is 52.6 Å². The molecular weight excluding hydrogens is 266 g/mol. The maximum Gasteiger partial charge on any atom is 0.269 e. The van der Waals surface area contributed by atoms with Crippen LogP contribution < -0.4 is 5.32 Å². The van der Waals surface area contributed by atoms with Crippen LogP contribution in [0.4, 0.5) is 0 Å². The SMILES string of the molecule is CCn1nc(C(C)C)cc1C(=O)N[C@H](C)Cc1ccco1. The van der Waals surface area contributed by atoms with E-state index < -0.39 is 0 Å². The summed E-state index contributed by atoms with van der Waals surface area (Å²) < 4.78 is 7.06. The van der Waals surface area contributed by atoms with E-state index in [0.717, 1.165) is 11.5 Å². The molecule has 1 amide bonds. The van der Waals surface area contributed by atoms with Gasteiger partial charge in [-0.05, 0) is 38.0 Å². The Morgan fingerprint density at radius 3 is 2.76 bits per heavy atom. The van der Waals surface area contributed by atoms with Crippen LogP contribution in [0.1, 0.15) is 55.6 Å². The number of hydrogen-bond acceptors (Lipinski definition) is 3. The lowest BCUT2D eigenvalue weighted by Crippen LogP contribution is -2.35. The van der Waals surface area contributed by atoms with Gasteiger partial charge in [-0.2, -0.15) is 5.10 Å². The number of nitrogens with one attached hydrogen (secondary N) is 1. The predicted octanol–water partition coefficient (Wildman–Crippen LogP) is 2.98. The highest BCUT2D eigenvalue weighted by atomic mass is 16.3. The summed E-state index contributed by atoms with van der Waals surface area (Å²) in [5.41, 5.74) is 1.56. The van der Waals surface area contributed by atoms with Gasteiger partial charge in [-0.25, -0.2) is 0 Å². The van der Waals surface area contributed by atoms with Crippen LogP contribution in [0.5, 0.6) is 0 Å². The number of aryl methyl sites for hydroxylation is 1. The van der Waals surface area contributed by atoms with Crippen LogP contribution in [-0.2, 0) is 13.0 Å². The van der Waals surface area contributed by atoms with Crippen molar-refractivity contribution in [3.63, 3.8) is 0 Å². The zero-order valence-corrected chi connectivity index (χ0v) is 13.1. The van der Waals surface area contributed by atoms with Gasteiger partial charge in [-0.15, -0.1) is 0 Å². The summed E-state index contributed by atoms with van der Waals surface area (Å²) in [4.78, 5) is 12.4. The Balaban J connectivity index is 2.05. The molecular formula is C16H23N3O2. The maximum absolute atomic E-state index is 12.4. The minimum absolute atomic E-state index is 0.00589. The fraction of sp³-hybridized carbons (Fsp3) is 0.500. The van der Waals surface area contributed by atoms with Crippen LogP contribution in [0.15, 0.2) is 28.9 Å². The largest absolute Gasteiger partial charge is 0.469 e. The van der Waals surface area contributed by atoms with E-state index in [4.69, 9.17) is 4.42 Å². The first-order valence-electron chi connectivity index (χ1n) is 7.42. The van der Waals surface area contributed by atoms with Gasteiger partial charge in [0.25, 0.3) is 5.91 Å². The second-order valence-electron chi connectivity index (χ2n) is 5.58. The molecule has 0 spiro atoms. The molecule has 0 aliphatic heterocycles. The van der Waals surface area contributed by atoms with Gasteiger partial charge in [0.1, 0.15) is 11.5 Å². The summed E-state index contributed by atoms with van der Waals surface area (Å²) in [6.07, 6.45) is 2.32. The third kappa shape index (κ3) is 3.74. The van der Waals surface area contributed by atoms with Crippen molar-refractivity contribution in [1.29, 1.82) is 0 Å². The van der Waals surface area contributed by atoms with Gasteiger partial charge in [-0.3, -0.25) is 9.48 Å². The molecule has 114 valence electrons. The molecule has 0 aliphatic carbocycles. The standard InChI is InChI=1S/C16H23N3O2/c1-5-19-15(10-14(18-19)11(2)3)16(20)17-12(4)9-13-7-6-8-21-13/h6-8,10-12H,5,9H2,1-4H3,(H,17,20)/t12-/m1/s1. The Morgan fingerprint density at radius 2 is 2.19 bits per heavy atom. The molecule has 2 heterocycles. The highest BCUT2D eigenvalue weighted by molar-refractivity contribution is 5.92. The van der Waals surface area contributed by atoms with Crippen LogP contribution in [0.25, 0.3) is 0 Å². The number of aromatic nitrogens is 2. The van der Waals surface area contributed by atoms with Gasteiger partial charge < -0.3 is 9.73 Å². The molecule has 0 unspecified atom stereocenters. The van der Waals surface area contributed by atoms with Gasteiger partial charge in [0.05, 0.1) is 12.0 Å². The quantitative estimate of drug-likeness (QED) is 0.889. The van der Waals surface area contributed by atoms with E-state index in [0.29, 0.717) is 24.6 Å². The number of rotatable bonds is 6. The van der Waals surface area contributed by atoms with Crippen molar-refractivity contribution in [1.82, 2.24) is 15.1 Å². The van der Waals surface area contributed by atoms with Crippen molar-refractivity contribution in [3.05, 3.63) is 41.6 Å². The number of hydrogen-bond donors (Lipinski definition) is 1. The second kappa shape index (κ2) is 6.61. The van der Waals surface area contributed by atoms with Crippen molar-refractivity contribution >= 4 is 5.91 Å². The second-order valence-corrected chi connectivity index (χ2v) is 5.58. The normalized spacial score (nSPS) is 12.6. The Labute approximate surface area is 125 Å². The van der Waals surface area contributed by atoms with Crippen molar-refractivity contribution in [3.8, 4) is 0 Å². The number of furan rings is 1. The number of amides is 1. The van der Waals surface area contributed by atoms with E-state index in [2.05, 4.69) is 24.3 Å². The van der Waals surface area contributed by atoms with Gasteiger partial charge in [0, 0.05) is 19.0 Å². The van der Waals surface area contributed by atoms with Crippen molar-refractivity contribution < 1.29 is 9.21 Å². The molecule has 5 nitrogen and oxygen atoms in total. The van der Waals surface area contributed by atoms with Crippen molar-refractivity contribution in [2.24, 2.45) is 0 Å². The molecule has 0 fully saturated rings. The van der Waals surface area contributed by atoms with Gasteiger partial charge in [0.15, 0.2) is 0 Å². The summed E-state index contributed by atoms with van der Waals surface area (Å²) in [6.45, 7) is 8.78. The Bertz CT molecular complexity index is 585. The molecule has 1 atom stereocenters. The molecule has 0 bridgehead atoms. The summed E-state index contributed by atoms with van der Waals surface area (Å²) in [5, 5.41) is 7.47. The van der Waals surface area contributed by atoms with E-state index in [9.17, 15) is 4.79 Å². The number of carbonyl (C=O) groups excluding carboxylic acids is 1. The summed E-state index contributed by atoms with van der Waals surface area (Å²) >= 11 is 0. The highest BCUT2D eigenvalue weighted by Gasteiger charge is 2.18. The molecule has 1 N–H and O–H groups in total. The fourth-order valence-corrected chi connectivity index (χ4v) is 2.22. The van der Waals surface area contributed by atoms with E-state index >= 15 is 0 Å². The lowest BCUT2D eigenvalue weighted by atomic mass is 10.1. The molecule has 0 saturated carbocycles. The molecule has 0 radical (unpaired) electrons. The van der Waals surface area contributed by atoms with Crippen LogP contribution in [0.2, 0.25) is 0 Å². The Kier molecular flexibility index (Phi) is 4.83. The van der Waals surface area contributed by atoms with E-state index in [-0.39, 0.29) is 11.9 Å². The number of carbonyl (C=O) groups is 1. The highest BCUT2D eigenvalue weighted by Crippen LogP contribution is 2.15. The Hall–Kier alpha value is -2.04. The van der Waals surface area contributed by atoms with E-state index in [1.165, 1.54) is 0 Å². The fourth-order valence-electron chi connectivity index (χ4n) is 2.22. The molecule has 2 aromatic rings. The molecule has 2 rings (SSSR count).